The van der Waals surface area contributed by atoms with Crippen molar-refractivity contribution >= 4 is 21.4 Å². The lowest BCUT2D eigenvalue weighted by molar-refractivity contribution is 0.205. The van der Waals surface area contributed by atoms with Crippen LogP contribution in [0.2, 0.25) is 0 Å². The number of nitrogen functional groups attached to an aromatic ring is 1. The summed E-state index contributed by atoms with van der Waals surface area (Å²) in [5, 5.41) is 5.21. The lowest BCUT2D eigenvalue weighted by Gasteiger charge is -2.24. The van der Waals surface area contributed by atoms with E-state index in [9.17, 15) is 8.42 Å². The highest BCUT2D eigenvalue weighted by atomic mass is 32.2. The number of likely N-dealkylation sites (N-methyl/N-ethyl adjacent to an activating group) is 1. The third kappa shape index (κ3) is 3.59. The molecule has 1 aromatic carbocycles. The number of nitrogens with two attached hydrogens (primary N) is 2. The van der Waals surface area contributed by atoms with Crippen molar-refractivity contribution < 1.29 is 13.2 Å². The van der Waals surface area contributed by atoms with Gasteiger partial charge in [0.1, 0.15) is 4.90 Å². The molecule has 0 unspecified atom stereocenters. The molecule has 0 saturated carbocycles. The number of hydrogen-bond acceptors (Lipinski definition) is 5. The van der Waals surface area contributed by atoms with Crippen molar-refractivity contribution in [2.75, 3.05) is 37.4 Å². The van der Waals surface area contributed by atoms with Gasteiger partial charge in [-0.15, -0.1) is 0 Å². The van der Waals surface area contributed by atoms with Gasteiger partial charge >= 0.3 is 0 Å². The second kappa shape index (κ2) is 6.03. The number of nitrogens with zero attached hydrogens (tertiary/aromatic N) is 1. The molecule has 6 nitrogen and oxygen atoms in total. The topological polar surface area (TPSA) is 98.7 Å². The zero-order valence-electron chi connectivity index (χ0n) is 10.6. The summed E-state index contributed by atoms with van der Waals surface area (Å²) in [6.07, 6.45) is 0. The molecule has 4 N–H and O–H groups in total. The van der Waals surface area contributed by atoms with Crippen LogP contribution in [0.4, 0.5) is 11.4 Å². The molecule has 0 atom stereocenters. The summed E-state index contributed by atoms with van der Waals surface area (Å²) in [5.41, 5.74) is 6.52. The molecular weight excluding hydrogens is 254 g/mol. The van der Waals surface area contributed by atoms with E-state index in [1.807, 2.05) is 11.8 Å². The predicted octanol–water partition coefficient (Wildman–Crippen LogP) is 0.389. The van der Waals surface area contributed by atoms with Gasteiger partial charge in [-0.05, 0) is 25.1 Å². The molecule has 0 bridgehead atoms. The molecule has 0 aromatic heterocycles. The lowest BCUT2D eigenvalue weighted by Crippen LogP contribution is -2.29. The van der Waals surface area contributed by atoms with Crippen LogP contribution in [0.3, 0.4) is 0 Å². The number of rotatable bonds is 6. The van der Waals surface area contributed by atoms with Gasteiger partial charge in [0.25, 0.3) is 0 Å². The maximum absolute atomic E-state index is 11.6. The Balaban J connectivity index is 3.21. The minimum atomic E-state index is -3.80. The molecule has 0 amide bonds. The van der Waals surface area contributed by atoms with Crippen molar-refractivity contribution in [3.63, 3.8) is 0 Å². The molecule has 7 heteroatoms. The molecule has 0 radical (unpaired) electrons. The van der Waals surface area contributed by atoms with Crippen molar-refractivity contribution in [1.82, 2.24) is 0 Å². The zero-order valence-corrected chi connectivity index (χ0v) is 11.4. The summed E-state index contributed by atoms with van der Waals surface area (Å²) < 4.78 is 28.1. The Labute approximate surface area is 108 Å². The maximum Gasteiger partial charge on any atom is 0.240 e. The van der Waals surface area contributed by atoms with E-state index >= 15 is 0 Å². The Bertz CT molecular complexity index is 502. The fourth-order valence-electron chi connectivity index (χ4n) is 1.67. The summed E-state index contributed by atoms with van der Waals surface area (Å²) in [5.74, 6) is 0. The van der Waals surface area contributed by atoms with E-state index in [1.165, 1.54) is 6.07 Å². The standard InChI is InChI=1S/C11H19N3O3S/c1-3-14(6-7-17-2)10-5-4-9(12)8-11(10)18(13,15)16/h4-5,8H,3,6-7,12H2,1-2H3,(H2,13,15,16). The third-order valence-electron chi connectivity index (χ3n) is 2.58. The molecule has 0 spiro atoms. The highest BCUT2D eigenvalue weighted by Gasteiger charge is 2.18. The van der Waals surface area contributed by atoms with Crippen LogP contribution < -0.4 is 15.8 Å². The minimum absolute atomic E-state index is 0.0421. The maximum atomic E-state index is 11.6. The summed E-state index contributed by atoms with van der Waals surface area (Å²) in [6.45, 7) is 3.66. The zero-order chi connectivity index (χ0) is 13.8. The molecule has 1 aromatic rings. The highest BCUT2D eigenvalue weighted by Crippen LogP contribution is 2.26. The first kappa shape index (κ1) is 14.7. The fraction of sp³-hybridized carbons (Fsp3) is 0.455. The average molecular weight is 273 g/mol. The number of hydrogen-bond donors (Lipinski definition) is 2. The summed E-state index contributed by atoms with van der Waals surface area (Å²) in [6, 6.07) is 4.69. The quantitative estimate of drug-likeness (QED) is 0.730. The van der Waals surface area contributed by atoms with Crippen LogP contribution in [0.1, 0.15) is 6.92 Å². The van der Waals surface area contributed by atoms with Crippen LogP contribution in [0, 0.1) is 0 Å². The van der Waals surface area contributed by atoms with Crippen molar-refractivity contribution in [1.29, 1.82) is 0 Å². The Morgan fingerprint density at radius 1 is 1.39 bits per heavy atom. The highest BCUT2D eigenvalue weighted by molar-refractivity contribution is 7.89. The van der Waals surface area contributed by atoms with E-state index in [-0.39, 0.29) is 4.90 Å². The van der Waals surface area contributed by atoms with E-state index in [1.54, 1.807) is 19.2 Å². The van der Waals surface area contributed by atoms with Crippen molar-refractivity contribution in [2.24, 2.45) is 5.14 Å². The Kier molecular flexibility index (Phi) is 4.94. The lowest BCUT2D eigenvalue weighted by atomic mass is 10.2. The molecule has 0 aliphatic carbocycles. The van der Waals surface area contributed by atoms with Gasteiger partial charge in [0.05, 0.1) is 12.3 Å². The van der Waals surface area contributed by atoms with Gasteiger partial charge in [-0.25, -0.2) is 13.6 Å². The van der Waals surface area contributed by atoms with Gasteiger partial charge in [-0.3, -0.25) is 0 Å². The van der Waals surface area contributed by atoms with Crippen LogP contribution in [-0.2, 0) is 14.8 Å². The van der Waals surface area contributed by atoms with Gasteiger partial charge in [0.2, 0.25) is 10.0 Å². The average Bonchev–Trinajstić information content (AvgIpc) is 2.30. The fourth-order valence-corrected chi connectivity index (χ4v) is 2.46. The minimum Gasteiger partial charge on any atom is -0.399 e. The monoisotopic (exact) mass is 273 g/mol. The molecule has 0 heterocycles. The molecule has 0 fully saturated rings. The van der Waals surface area contributed by atoms with Crippen molar-refractivity contribution in [3.05, 3.63) is 18.2 Å². The molecule has 0 aliphatic heterocycles. The van der Waals surface area contributed by atoms with Crippen LogP contribution in [-0.4, -0.2) is 35.2 Å². The molecule has 102 valence electrons. The Hall–Kier alpha value is -1.31. The van der Waals surface area contributed by atoms with E-state index < -0.39 is 10.0 Å². The number of ether oxygens (including phenoxy) is 1. The van der Waals surface area contributed by atoms with Crippen molar-refractivity contribution in [3.8, 4) is 0 Å². The van der Waals surface area contributed by atoms with E-state index in [0.29, 0.717) is 31.1 Å². The van der Waals surface area contributed by atoms with Crippen LogP contribution in [0.15, 0.2) is 23.1 Å². The van der Waals surface area contributed by atoms with Crippen molar-refractivity contribution in [2.45, 2.75) is 11.8 Å². The number of methoxy groups -OCH3 is 1. The molecule has 0 aliphatic rings. The first-order chi connectivity index (χ1) is 8.40. The first-order valence-corrected chi connectivity index (χ1v) is 7.11. The molecular formula is C11H19N3O3S. The smallest absolute Gasteiger partial charge is 0.240 e. The van der Waals surface area contributed by atoms with Gasteiger partial charge in [-0.2, -0.15) is 0 Å². The Morgan fingerprint density at radius 2 is 2.06 bits per heavy atom. The normalized spacial score (nSPS) is 11.5. The van der Waals surface area contributed by atoms with Crippen LogP contribution in [0.5, 0.6) is 0 Å². The van der Waals surface area contributed by atoms with Gasteiger partial charge in [0.15, 0.2) is 0 Å². The first-order valence-electron chi connectivity index (χ1n) is 5.56. The predicted molar refractivity (Wildman–Crippen MR) is 72.0 cm³/mol. The summed E-state index contributed by atoms with van der Waals surface area (Å²) in [4.78, 5) is 1.92. The van der Waals surface area contributed by atoms with Crippen LogP contribution in [0.25, 0.3) is 0 Å². The summed E-state index contributed by atoms with van der Waals surface area (Å²) >= 11 is 0. The summed E-state index contributed by atoms with van der Waals surface area (Å²) in [7, 11) is -2.20. The van der Waals surface area contributed by atoms with E-state index in [2.05, 4.69) is 0 Å². The number of benzene rings is 1. The number of sulfonamides is 1. The van der Waals surface area contributed by atoms with Gasteiger partial charge in [-0.1, -0.05) is 0 Å². The van der Waals surface area contributed by atoms with Gasteiger partial charge < -0.3 is 15.4 Å². The van der Waals surface area contributed by atoms with E-state index in [4.69, 9.17) is 15.6 Å². The largest absolute Gasteiger partial charge is 0.399 e. The Morgan fingerprint density at radius 3 is 2.56 bits per heavy atom. The molecule has 18 heavy (non-hydrogen) atoms. The van der Waals surface area contributed by atoms with E-state index in [0.717, 1.165) is 0 Å². The van der Waals surface area contributed by atoms with Crippen LogP contribution >= 0.6 is 0 Å². The third-order valence-corrected chi connectivity index (χ3v) is 3.52. The second-order valence-corrected chi connectivity index (χ2v) is 5.37. The molecule has 1 rings (SSSR count). The second-order valence-electron chi connectivity index (χ2n) is 3.84. The molecule has 0 saturated heterocycles. The number of primary sulfonamides is 1. The number of anilines is 2. The van der Waals surface area contributed by atoms with Gasteiger partial charge in [0, 0.05) is 25.9 Å². The SMILES string of the molecule is CCN(CCOC)c1ccc(N)cc1S(N)(=O)=O.